The Bertz CT molecular complexity index is 532. The van der Waals surface area contributed by atoms with Gasteiger partial charge in [-0.15, -0.1) is 0 Å². The first-order valence-electron chi connectivity index (χ1n) is 6.00. The number of nitrogens with two attached hydrogens (primary N) is 1. The maximum Gasteiger partial charge on any atom is 0.0379 e. The zero-order valence-electron chi connectivity index (χ0n) is 10.7. The standard InChI is InChI=1S/C15H17BrN2/c1-10-6-13(7-11(2)18-10)15(17)9-12-4-3-5-14(16)8-12/h3-8,15H,9,17H2,1-2H3. The summed E-state index contributed by atoms with van der Waals surface area (Å²) in [7, 11) is 0. The molecule has 0 amide bonds. The normalized spacial score (nSPS) is 12.4. The van der Waals surface area contributed by atoms with E-state index in [1.807, 2.05) is 26.0 Å². The quantitative estimate of drug-likeness (QED) is 0.939. The Morgan fingerprint density at radius 2 is 1.83 bits per heavy atom. The van der Waals surface area contributed by atoms with Crippen LogP contribution in [-0.4, -0.2) is 4.98 Å². The van der Waals surface area contributed by atoms with Crippen molar-refractivity contribution >= 4 is 15.9 Å². The minimum atomic E-state index is 0.0136. The van der Waals surface area contributed by atoms with Gasteiger partial charge in [0.15, 0.2) is 0 Å². The number of rotatable bonds is 3. The van der Waals surface area contributed by atoms with Gasteiger partial charge in [-0.1, -0.05) is 28.1 Å². The Kier molecular flexibility index (Phi) is 4.15. The van der Waals surface area contributed by atoms with Crippen molar-refractivity contribution < 1.29 is 0 Å². The molecule has 2 aromatic rings. The fourth-order valence-corrected chi connectivity index (χ4v) is 2.56. The van der Waals surface area contributed by atoms with Crippen LogP contribution in [0.2, 0.25) is 0 Å². The number of halogens is 1. The molecule has 0 radical (unpaired) electrons. The van der Waals surface area contributed by atoms with E-state index in [0.717, 1.165) is 27.8 Å². The number of hydrogen-bond donors (Lipinski definition) is 1. The summed E-state index contributed by atoms with van der Waals surface area (Å²) in [5, 5.41) is 0. The van der Waals surface area contributed by atoms with Gasteiger partial charge in [0.05, 0.1) is 0 Å². The molecule has 1 unspecified atom stereocenters. The van der Waals surface area contributed by atoms with Gasteiger partial charge in [0.1, 0.15) is 0 Å². The number of hydrogen-bond acceptors (Lipinski definition) is 2. The molecular weight excluding hydrogens is 288 g/mol. The first-order valence-corrected chi connectivity index (χ1v) is 6.79. The van der Waals surface area contributed by atoms with Crippen molar-refractivity contribution in [2.75, 3.05) is 0 Å². The SMILES string of the molecule is Cc1cc(C(N)Cc2cccc(Br)c2)cc(C)n1. The minimum Gasteiger partial charge on any atom is -0.324 e. The lowest BCUT2D eigenvalue weighted by Gasteiger charge is -2.13. The van der Waals surface area contributed by atoms with Crippen LogP contribution in [0.1, 0.15) is 28.6 Å². The van der Waals surface area contributed by atoms with E-state index in [-0.39, 0.29) is 6.04 Å². The van der Waals surface area contributed by atoms with E-state index in [0.29, 0.717) is 0 Å². The average Bonchev–Trinajstić information content (AvgIpc) is 2.27. The minimum absolute atomic E-state index is 0.0136. The number of aryl methyl sites for hydroxylation is 2. The van der Waals surface area contributed by atoms with Crippen molar-refractivity contribution in [1.29, 1.82) is 0 Å². The van der Waals surface area contributed by atoms with Gasteiger partial charge in [-0.25, -0.2) is 0 Å². The lowest BCUT2D eigenvalue weighted by Crippen LogP contribution is -2.14. The largest absolute Gasteiger partial charge is 0.324 e. The first-order chi connectivity index (χ1) is 8.54. The van der Waals surface area contributed by atoms with Gasteiger partial charge >= 0.3 is 0 Å². The Morgan fingerprint density at radius 1 is 1.17 bits per heavy atom. The molecule has 0 aliphatic heterocycles. The van der Waals surface area contributed by atoms with Crippen LogP contribution in [0.5, 0.6) is 0 Å². The van der Waals surface area contributed by atoms with Gasteiger partial charge in [0, 0.05) is 21.9 Å². The topological polar surface area (TPSA) is 38.9 Å². The highest BCUT2D eigenvalue weighted by molar-refractivity contribution is 9.10. The predicted octanol–water partition coefficient (Wildman–Crippen LogP) is 3.70. The van der Waals surface area contributed by atoms with Gasteiger partial charge in [-0.2, -0.15) is 0 Å². The van der Waals surface area contributed by atoms with Gasteiger partial charge in [0.2, 0.25) is 0 Å². The molecule has 2 nitrogen and oxygen atoms in total. The molecule has 0 spiro atoms. The van der Waals surface area contributed by atoms with E-state index in [4.69, 9.17) is 5.73 Å². The summed E-state index contributed by atoms with van der Waals surface area (Å²) < 4.78 is 1.09. The van der Waals surface area contributed by atoms with Crippen LogP contribution in [0.15, 0.2) is 40.9 Å². The van der Waals surface area contributed by atoms with Crippen LogP contribution >= 0.6 is 15.9 Å². The number of pyridine rings is 1. The highest BCUT2D eigenvalue weighted by atomic mass is 79.9. The molecule has 3 heteroatoms. The number of aromatic nitrogens is 1. The van der Waals surface area contributed by atoms with Crippen LogP contribution in [0.25, 0.3) is 0 Å². The fourth-order valence-electron chi connectivity index (χ4n) is 2.12. The van der Waals surface area contributed by atoms with E-state index < -0.39 is 0 Å². The third-order valence-corrected chi connectivity index (χ3v) is 3.37. The number of benzene rings is 1. The maximum absolute atomic E-state index is 6.27. The number of nitrogens with zero attached hydrogens (tertiary/aromatic N) is 1. The van der Waals surface area contributed by atoms with Crippen LogP contribution in [-0.2, 0) is 6.42 Å². The Balaban J connectivity index is 2.19. The van der Waals surface area contributed by atoms with Crippen molar-refractivity contribution in [2.24, 2.45) is 5.73 Å². The third kappa shape index (κ3) is 3.40. The summed E-state index contributed by atoms with van der Waals surface area (Å²) in [4.78, 5) is 4.37. The second kappa shape index (κ2) is 5.63. The molecule has 94 valence electrons. The summed E-state index contributed by atoms with van der Waals surface area (Å²) in [5.74, 6) is 0. The molecule has 0 saturated carbocycles. The Morgan fingerprint density at radius 3 is 2.44 bits per heavy atom. The molecule has 0 aliphatic rings. The zero-order chi connectivity index (χ0) is 13.1. The second-order valence-electron chi connectivity index (χ2n) is 4.62. The summed E-state index contributed by atoms with van der Waals surface area (Å²) in [6, 6.07) is 12.4. The van der Waals surface area contributed by atoms with Crippen LogP contribution in [0.4, 0.5) is 0 Å². The van der Waals surface area contributed by atoms with Gasteiger partial charge in [0.25, 0.3) is 0 Å². The van der Waals surface area contributed by atoms with Crippen molar-refractivity contribution in [3.63, 3.8) is 0 Å². The molecule has 18 heavy (non-hydrogen) atoms. The highest BCUT2D eigenvalue weighted by Gasteiger charge is 2.09. The molecule has 0 aliphatic carbocycles. The molecule has 0 fully saturated rings. The molecule has 1 atom stereocenters. The molecule has 0 saturated heterocycles. The summed E-state index contributed by atoms with van der Waals surface area (Å²) in [6.45, 7) is 4.00. The molecule has 0 bridgehead atoms. The van der Waals surface area contributed by atoms with Crippen LogP contribution in [0.3, 0.4) is 0 Å². The Labute approximate surface area is 116 Å². The lowest BCUT2D eigenvalue weighted by molar-refractivity contribution is 0.717. The predicted molar refractivity (Wildman–Crippen MR) is 78.5 cm³/mol. The van der Waals surface area contributed by atoms with E-state index >= 15 is 0 Å². The second-order valence-corrected chi connectivity index (χ2v) is 5.54. The Hall–Kier alpha value is -1.19. The van der Waals surface area contributed by atoms with Gasteiger partial charge in [-0.3, -0.25) is 4.98 Å². The molecule has 2 N–H and O–H groups in total. The molecule has 1 aromatic carbocycles. The van der Waals surface area contributed by atoms with E-state index in [2.05, 4.69) is 45.2 Å². The summed E-state index contributed by atoms with van der Waals surface area (Å²) in [5.41, 5.74) is 10.7. The smallest absolute Gasteiger partial charge is 0.0379 e. The third-order valence-electron chi connectivity index (χ3n) is 2.88. The van der Waals surface area contributed by atoms with E-state index in [9.17, 15) is 0 Å². The zero-order valence-corrected chi connectivity index (χ0v) is 12.2. The van der Waals surface area contributed by atoms with Gasteiger partial charge in [-0.05, 0) is 55.7 Å². The molecule has 1 aromatic heterocycles. The van der Waals surface area contributed by atoms with Gasteiger partial charge < -0.3 is 5.73 Å². The lowest BCUT2D eigenvalue weighted by atomic mass is 9.99. The monoisotopic (exact) mass is 304 g/mol. The van der Waals surface area contributed by atoms with Crippen LogP contribution in [0, 0.1) is 13.8 Å². The average molecular weight is 305 g/mol. The molecule has 2 rings (SSSR count). The molecule has 1 heterocycles. The van der Waals surface area contributed by atoms with Crippen LogP contribution < -0.4 is 5.73 Å². The van der Waals surface area contributed by atoms with Crippen molar-refractivity contribution in [1.82, 2.24) is 4.98 Å². The first kappa shape index (κ1) is 13.2. The molecular formula is C15H17BrN2. The van der Waals surface area contributed by atoms with Crippen molar-refractivity contribution in [3.05, 3.63) is 63.4 Å². The van der Waals surface area contributed by atoms with Crippen molar-refractivity contribution in [3.8, 4) is 0 Å². The summed E-state index contributed by atoms with van der Waals surface area (Å²) in [6.07, 6.45) is 0.836. The summed E-state index contributed by atoms with van der Waals surface area (Å²) >= 11 is 3.48. The van der Waals surface area contributed by atoms with Crippen molar-refractivity contribution in [2.45, 2.75) is 26.3 Å². The fraction of sp³-hybridized carbons (Fsp3) is 0.267. The van der Waals surface area contributed by atoms with E-state index in [1.165, 1.54) is 5.56 Å². The maximum atomic E-state index is 6.27. The highest BCUT2D eigenvalue weighted by Crippen LogP contribution is 2.19. The van der Waals surface area contributed by atoms with E-state index in [1.54, 1.807) is 0 Å².